The number of carbonyl (C=O) groups excluding carboxylic acids is 1. The molecule has 2 N–H and O–H groups in total. The lowest BCUT2D eigenvalue weighted by Gasteiger charge is -2.42. The van der Waals surface area contributed by atoms with Gasteiger partial charge in [0.1, 0.15) is 5.82 Å². The zero-order valence-corrected chi connectivity index (χ0v) is 22.8. The van der Waals surface area contributed by atoms with Crippen molar-refractivity contribution in [3.63, 3.8) is 0 Å². The second-order valence-electron chi connectivity index (χ2n) is 9.87. The molecule has 0 bridgehead atoms. The molecule has 1 aliphatic carbocycles. The molecule has 2 aliphatic rings. The minimum absolute atomic E-state index is 0.0265. The van der Waals surface area contributed by atoms with Crippen LogP contribution >= 0.6 is 34.4 Å². The summed E-state index contributed by atoms with van der Waals surface area (Å²) in [4.78, 5) is 15.2. The first-order valence-electron chi connectivity index (χ1n) is 11.6. The van der Waals surface area contributed by atoms with Crippen LogP contribution in [0.15, 0.2) is 68.1 Å². The van der Waals surface area contributed by atoms with Gasteiger partial charge in [0, 0.05) is 23.4 Å². The minimum Gasteiger partial charge on any atom is -0.384 e. The Morgan fingerprint density at radius 2 is 2.05 bits per heavy atom. The van der Waals surface area contributed by atoms with E-state index < -0.39 is 17.7 Å². The second kappa shape index (κ2) is 9.87. The van der Waals surface area contributed by atoms with Gasteiger partial charge in [-0.3, -0.25) is 9.69 Å². The van der Waals surface area contributed by atoms with Gasteiger partial charge in [0.05, 0.1) is 23.1 Å². The average Bonchev–Trinajstić information content (AvgIpc) is 3.53. The molecular weight excluding hydrogens is 552 g/mol. The Morgan fingerprint density at radius 3 is 2.74 bits per heavy atom. The molecule has 3 heterocycles. The van der Waals surface area contributed by atoms with Crippen molar-refractivity contribution in [1.29, 1.82) is 5.26 Å². The molecule has 0 fully saturated rings. The van der Waals surface area contributed by atoms with Crippen molar-refractivity contribution in [2.45, 2.75) is 48.9 Å². The number of carbonyl (C=O) groups is 1. The monoisotopic (exact) mass is 573 g/mol. The van der Waals surface area contributed by atoms with E-state index in [-0.39, 0.29) is 28.3 Å². The van der Waals surface area contributed by atoms with Crippen molar-refractivity contribution in [2.75, 3.05) is 4.90 Å². The number of Topliss-reactive ketones (excluding diaryl/α,β-unsaturated/α-hetero) is 1. The average molecular weight is 574 g/mol. The number of ketones is 1. The maximum Gasteiger partial charge on any atom is 0.416 e. The molecule has 6 nitrogen and oxygen atoms in total. The van der Waals surface area contributed by atoms with E-state index in [1.807, 2.05) is 30.7 Å². The lowest BCUT2D eigenvalue weighted by Crippen LogP contribution is -2.42. The maximum atomic E-state index is 13.5. The van der Waals surface area contributed by atoms with Crippen LogP contribution in [0, 0.1) is 16.7 Å². The molecule has 38 heavy (non-hydrogen) atoms. The van der Waals surface area contributed by atoms with Gasteiger partial charge in [0.15, 0.2) is 10.1 Å². The fourth-order valence-electron chi connectivity index (χ4n) is 4.83. The number of allylic oxidation sites excluding steroid dienone is 3. The molecule has 5 rings (SSSR count). The van der Waals surface area contributed by atoms with Crippen LogP contribution in [0.5, 0.6) is 0 Å². The third kappa shape index (κ3) is 4.98. The van der Waals surface area contributed by atoms with E-state index in [2.05, 4.69) is 16.3 Å². The molecule has 3 aromatic rings. The molecule has 0 saturated heterocycles. The number of benzene rings is 1. The van der Waals surface area contributed by atoms with Gasteiger partial charge < -0.3 is 5.73 Å². The van der Waals surface area contributed by atoms with Crippen molar-refractivity contribution < 1.29 is 18.0 Å². The van der Waals surface area contributed by atoms with Gasteiger partial charge in [-0.05, 0) is 45.9 Å². The van der Waals surface area contributed by atoms with Gasteiger partial charge in [-0.15, -0.1) is 10.2 Å². The fourth-order valence-corrected chi connectivity index (χ4v) is 7.34. The number of rotatable bonds is 5. The van der Waals surface area contributed by atoms with Crippen LogP contribution in [-0.2, 0) is 16.7 Å². The molecule has 12 heteroatoms. The molecule has 196 valence electrons. The summed E-state index contributed by atoms with van der Waals surface area (Å²) in [6.45, 7) is 4.03. The maximum absolute atomic E-state index is 13.5. The van der Waals surface area contributed by atoms with Crippen LogP contribution in [0.4, 0.5) is 18.3 Å². The van der Waals surface area contributed by atoms with Crippen LogP contribution in [0.2, 0.25) is 0 Å². The Balaban J connectivity index is 1.50. The van der Waals surface area contributed by atoms with Gasteiger partial charge in [-0.2, -0.15) is 29.8 Å². The highest BCUT2D eigenvalue weighted by Crippen LogP contribution is 2.51. The van der Waals surface area contributed by atoms with Crippen molar-refractivity contribution in [3.05, 3.63) is 80.4 Å². The number of hydrogen-bond donors (Lipinski definition) is 1. The standard InChI is InChI=1S/C26H22F3N5OS3/c1-25(2)9-18-21(19(35)10-25)20(15-6-7-36-13-15)17(11-30)22(31)34(18)23-32-33-24(38-23)37-12-14-4-3-5-16(8-14)26(27,28)29/h3-8,13,20H,9-10,12,31H2,1-2H3/t20-/m1/s1. The summed E-state index contributed by atoms with van der Waals surface area (Å²) in [7, 11) is 0. The van der Waals surface area contributed by atoms with E-state index in [9.17, 15) is 23.2 Å². The van der Waals surface area contributed by atoms with Crippen LogP contribution < -0.4 is 10.6 Å². The minimum atomic E-state index is -4.41. The van der Waals surface area contributed by atoms with Crippen LogP contribution in [0.3, 0.4) is 0 Å². The number of aromatic nitrogens is 2. The van der Waals surface area contributed by atoms with Crippen LogP contribution in [-0.4, -0.2) is 16.0 Å². The molecule has 1 aromatic carbocycles. The number of anilines is 1. The highest BCUT2D eigenvalue weighted by atomic mass is 32.2. The Morgan fingerprint density at radius 1 is 1.26 bits per heavy atom. The number of hydrogen-bond acceptors (Lipinski definition) is 9. The van der Waals surface area contributed by atoms with Crippen molar-refractivity contribution >= 4 is 45.4 Å². The van der Waals surface area contributed by atoms with Crippen LogP contribution in [0.1, 0.15) is 49.3 Å². The smallest absolute Gasteiger partial charge is 0.384 e. The number of alkyl halides is 3. The SMILES string of the molecule is CC1(C)CC(=O)C2=C(C1)N(c1nnc(SCc3cccc(C(F)(F)F)c3)s1)C(N)=C(C#N)[C@H]2c1ccsc1. The van der Waals surface area contributed by atoms with Gasteiger partial charge in [-0.25, -0.2) is 0 Å². The van der Waals surface area contributed by atoms with E-state index in [0.29, 0.717) is 39.1 Å². The van der Waals surface area contributed by atoms with Crippen LogP contribution in [0.25, 0.3) is 0 Å². The number of halogens is 3. The van der Waals surface area contributed by atoms with Gasteiger partial charge in [-0.1, -0.05) is 55.1 Å². The number of nitrogens with two attached hydrogens (primary N) is 1. The molecule has 0 amide bonds. The molecule has 0 spiro atoms. The number of nitriles is 1. The Bertz CT molecular complexity index is 1500. The van der Waals surface area contributed by atoms with Gasteiger partial charge in [0.2, 0.25) is 5.13 Å². The first-order valence-corrected chi connectivity index (χ1v) is 14.3. The summed E-state index contributed by atoms with van der Waals surface area (Å²) in [6, 6.07) is 9.30. The first kappa shape index (κ1) is 26.5. The third-order valence-electron chi connectivity index (χ3n) is 6.46. The van der Waals surface area contributed by atoms with Gasteiger partial charge in [0.25, 0.3) is 0 Å². The highest BCUT2D eigenvalue weighted by Gasteiger charge is 2.45. The van der Waals surface area contributed by atoms with E-state index in [4.69, 9.17) is 5.73 Å². The molecule has 0 saturated carbocycles. The third-order valence-corrected chi connectivity index (χ3v) is 9.28. The van der Waals surface area contributed by atoms with Crippen molar-refractivity contribution in [2.24, 2.45) is 11.1 Å². The number of thiophene rings is 1. The summed E-state index contributed by atoms with van der Waals surface area (Å²) < 4.78 is 39.8. The highest BCUT2D eigenvalue weighted by molar-refractivity contribution is 8.00. The van der Waals surface area contributed by atoms with Crippen molar-refractivity contribution in [1.82, 2.24) is 10.2 Å². The predicted molar refractivity (Wildman–Crippen MR) is 142 cm³/mol. The fraction of sp³-hybridized carbons (Fsp3) is 0.308. The summed E-state index contributed by atoms with van der Waals surface area (Å²) in [5.74, 6) is -0.0869. The summed E-state index contributed by atoms with van der Waals surface area (Å²) >= 11 is 3.97. The Labute approximate surface area is 229 Å². The Hall–Kier alpha value is -3.14. The quantitative estimate of drug-likeness (QED) is 0.334. The second-order valence-corrected chi connectivity index (χ2v) is 12.8. The zero-order chi connectivity index (χ0) is 27.2. The molecule has 1 atom stereocenters. The summed E-state index contributed by atoms with van der Waals surface area (Å²) in [5, 5.41) is 22.9. The number of nitrogens with zero attached hydrogens (tertiary/aromatic N) is 4. The normalized spacial score (nSPS) is 19.5. The van der Waals surface area contributed by atoms with E-state index in [0.717, 1.165) is 17.7 Å². The predicted octanol–water partition coefficient (Wildman–Crippen LogP) is 6.85. The summed E-state index contributed by atoms with van der Waals surface area (Å²) in [5.41, 5.74) is 8.50. The lowest BCUT2D eigenvalue weighted by atomic mass is 9.69. The van der Waals surface area contributed by atoms with E-state index in [1.54, 1.807) is 11.0 Å². The van der Waals surface area contributed by atoms with E-state index in [1.165, 1.54) is 40.5 Å². The molecule has 0 radical (unpaired) electrons. The molecule has 1 aliphatic heterocycles. The topological polar surface area (TPSA) is 95.9 Å². The lowest BCUT2D eigenvalue weighted by molar-refractivity contribution is -0.137. The van der Waals surface area contributed by atoms with Crippen molar-refractivity contribution in [3.8, 4) is 6.07 Å². The molecule has 0 unspecified atom stereocenters. The van der Waals surface area contributed by atoms with Gasteiger partial charge >= 0.3 is 6.18 Å². The zero-order valence-electron chi connectivity index (χ0n) is 20.4. The number of thioether (sulfide) groups is 1. The molecular formula is C26H22F3N5OS3. The Kier molecular flexibility index (Phi) is 6.87. The first-order chi connectivity index (χ1) is 18.0. The largest absolute Gasteiger partial charge is 0.416 e. The summed E-state index contributed by atoms with van der Waals surface area (Å²) in [6.07, 6.45) is -3.50. The van der Waals surface area contributed by atoms with E-state index >= 15 is 0 Å². The molecule has 2 aromatic heterocycles.